The molecule has 0 saturated heterocycles. The molecule has 1 unspecified atom stereocenters. The van der Waals surface area contributed by atoms with Gasteiger partial charge in [-0.15, -0.1) is 0 Å². The number of aliphatic carboxylic acids is 1. The third kappa shape index (κ3) is 2.44. The number of para-hydroxylation sites is 1. The van der Waals surface area contributed by atoms with Crippen LogP contribution >= 0.6 is 11.8 Å². The van der Waals surface area contributed by atoms with Crippen molar-refractivity contribution in [2.75, 3.05) is 0 Å². The summed E-state index contributed by atoms with van der Waals surface area (Å²) < 4.78 is 0. The SMILES string of the molecule is CC(Sc1nc2ccccc2cc1C#N)C(=O)O. The van der Waals surface area contributed by atoms with E-state index in [9.17, 15) is 4.79 Å². The number of hydrogen-bond acceptors (Lipinski definition) is 4. The minimum absolute atomic E-state index is 0.409. The number of pyridine rings is 1. The predicted octanol–water partition coefficient (Wildman–Crippen LogP) is 2.67. The molecule has 18 heavy (non-hydrogen) atoms. The molecule has 0 radical (unpaired) electrons. The average Bonchev–Trinajstić information content (AvgIpc) is 2.37. The van der Waals surface area contributed by atoms with E-state index in [4.69, 9.17) is 10.4 Å². The molecule has 1 N–H and O–H groups in total. The third-order valence-corrected chi connectivity index (χ3v) is 3.54. The number of fused-ring (bicyclic) bond motifs is 1. The monoisotopic (exact) mass is 258 g/mol. The molecule has 4 nitrogen and oxygen atoms in total. The molecule has 1 heterocycles. The molecule has 0 saturated carbocycles. The Morgan fingerprint density at radius 2 is 2.22 bits per heavy atom. The first-order valence-corrected chi connectivity index (χ1v) is 6.19. The maximum absolute atomic E-state index is 10.8. The van der Waals surface area contributed by atoms with Crippen molar-refractivity contribution in [2.45, 2.75) is 17.2 Å². The normalized spacial score (nSPS) is 12.0. The highest BCUT2D eigenvalue weighted by Crippen LogP contribution is 2.27. The summed E-state index contributed by atoms with van der Waals surface area (Å²) in [7, 11) is 0. The summed E-state index contributed by atoms with van der Waals surface area (Å²) in [5, 5.41) is 18.7. The lowest BCUT2D eigenvalue weighted by Gasteiger charge is -2.08. The number of carboxylic acid groups (broad SMARTS) is 1. The molecular formula is C13H10N2O2S. The van der Waals surface area contributed by atoms with Crippen molar-refractivity contribution in [1.29, 1.82) is 5.26 Å². The fourth-order valence-corrected chi connectivity index (χ4v) is 2.30. The first-order chi connectivity index (χ1) is 8.61. The zero-order valence-electron chi connectivity index (χ0n) is 9.62. The van der Waals surface area contributed by atoms with E-state index in [0.717, 1.165) is 22.7 Å². The van der Waals surface area contributed by atoms with Crippen molar-refractivity contribution in [3.05, 3.63) is 35.9 Å². The zero-order valence-corrected chi connectivity index (χ0v) is 10.4. The first-order valence-electron chi connectivity index (χ1n) is 5.31. The van der Waals surface area contributed by atoms with Crippen LogP contribution in [0, 0.1) is 11.3 Å². The van der Waals surface area contributed by atoms with E-state index >= 15 is 0 Å². The standard InChI is InChI=1S/C13H10N2O2S/c1-8(13(16)17)18-12-10(7-14)6-9-4-2-3-5-11(9)15-12/h2-6,8H,1H3,(H,16,17). The van der Waals surface area contributed by atoms with Crippen molar-refractivity contribution in [1.82, 2.24) is 4.98 Å². The topological polar surface area (TPSA) is 74.0 Å². The molecule has 2 rings (SSSR count). The number of aromatic nitrogens is 1. The minimum Gasteiger partial charge on any atom is -0.480 e. The number of carbonyl (C=O) groups is 1. The maximum Gasteiger partial charge on any atom is 0.316 e. The van der Waals surface area contributed by atoms with E-state index in [-0.39, 0.29) is 0 Å². The van der Waals surface area contributed by atoms with E-state index in [0.29, 0.717) is 10.6 Å². The van der Waals surface area contributed by atoms with Crippen LogP contribution in [-0.2, 0) is 4.79 Å². The van der Waals surface area contributed by atoms with Crippen LogP contribution in [0.3, 0.4) is 0 Å². The molecule has 90 valence electrons. The van der Waals surface area contributed by atoms with Gasteiger partial charge >= 0.3 is 5.97 Å². The van der Waals surface area contributed by atoms with Gasteiger partial charge in [-0.2, -0.15) is 5.26 Å². The number of nitriles is 1. The Balaban J connectivity index is 2.49. The van der Waals surface area contributed by atoms with Crippen molar-refractivity contribution in [3.63, 3.8) is 0 Å². The Morgan fingerprint density at radius 3 is 2.89 bits per heavy atom. The largest absolute Gasteiger partial charge is 0.480 e. The zero-order chi connectivity index (χ0) is 13.1. The fraction of sp³-hybridized carbons (Fsp3) is 0.154. The van der Waals surface area contributed by atoms with Crippen LogP contribution in [-0.4, -0.2) is 21.3 Å². The van der Waals surface area contributed by atoms with E-state index in [1.807, 2.05) is 24.3 Å². The van der Waals surface area contributed by atoms with Gasteiger partial charge in [0.05, 0.1) is 11.1 Å². The van der Waals surface area contributed by atoms with E-state index in [2.05, 4.69) is 11.1 Å². The Labute approximate surface area is 108 Å². The minimum atomic E-state index is -0.918. The lowest BCUT2D eigenvalue weighted by atomic mass is 10.2. The maximum atomic E-state index is 10.8. The second-order valence-corrected chi connectivity index (χ2v) is 5.07. The summed E-state index contributed by atoms with van der Waals surface area (Å²) in [6, 6.07) is 11.2. The van der Waals surface area contributed by atoms with Gasteiger partial charge in [-0.1, -0.05) is 30.0 Å². The van der Waals surface area contributed by atoms with Crippen LogP contribution < -0.4 is 0 Å². The number of carboxylic acids is 1. The number of benzene rings is 1. The lowest BCUT2D eigenvalue weighted by Crippen LogP contribution is -2.11. The van der Waals surface area contributed by atoms with Crippen molar-refractivity contribution >= 4 is 28.6 Å². The average molecular weight is 258 g/mol. The lowest BCUT2D eigenvalue weighted by molar-refractivity contribution is -0.136. The van der Waals surface area contributed by atoms with Gasteiger partial charge in [-0.25, -0.2) is 4.98 Å². The summed E-state index contributed by atoms with van der Waals surface area (Å²) in [5.41, 5.74) is 1.17. The van der Waals surface area contributed by atoms with Gasteiger partial charge in [-0.05, 0) is 19.1 Å². The molecule has 1 aromatic heterocycles. The Bertz CT molecular complexity index is 649. The van der Waals surface area contributed by atoms with Crippen LogP contribution in [0.4, 0.5) is 0 Å². The van der Waals surface area contributed by atoms with Gasteiger partial charge in [0.1, 0.15) is 16.3 Å². The molecule has 1 aromatic carbocycles. The highest BCUT2D eigenvalue weighted by Gasteiger charge is 2.16. The van der Waals surface area contributed by atoms with E-state index in [1.54, 1.807) is 13.0 Å². The molecule has 0 amide bonds. The first kappa shape index (κ1) is 12.4. The predicted molar refractivity (Wildman–Crippen MR) is 69.4 cm³/mol. The summed E-state index contributed by atoms with van der Waals surface area (Å²) in [4.78, 5) is 15.2. The fourth-order valence-electron chi connectivity index (χ4n) is 1.49. The number of hydrogen-bond donors (Lipinski definition) is 1. The van der Waals surface area contributed by atoms with Crippen LogP contribution in [0.15, 0.2) is 35.4 Å². The second-order valence-electron chi connectivity index (χ2n) is 3.74. The van der Waals surface area contributed by atoms with Gasteiger partial charge in [-0.3, -0.25) is 4.79 Å². The molecule has 0 fully saturated rings. The smallest absolute Gasteiger partial charge is 0.316 e. The van der Waals surface area contributed by atoms with Gasteiger partial charge in [0, 0.05) is 5.39 Å². The third-order valence-electron chi connectivity index (χ3n) is 2.45. The van der Waals surface area contributed by atoms with Gasteiger partial charge < -0.3 is 5.11 Å². The van der Waals surface area contributed by atoms with Gasteiger partial charge in [0.15, 0.2) is 0 Å². The number of nitrogens with zero attached hydrogens (tertiary/aromatic N) is 2. The molecule has 0 spiro atoms. The van der Waals surface area contributed by atoms with E-state index in [1.165, 1.54) is 0 Å². The Hall–Kier alpha value is -2.06. The second kappa shape index (κ2) is 5.07. The number of thioether (sulfide) groups is 1. The van der Waals surface area contributed by atoms with Crippen molar-refractivity contribution < 1.29 is 9.90 Å². The highest BCUT2D eigenvalue weighted by atomic mass is 32.2. The Morgan fingerprint density at radius 1 is 1.50 bits per heavy atom. The van der Waals surface area contributed by atoms with Gasteiger partial charge in [0.25, 0.3) is 0 Å². The summed E-state index contributed by atoms with van der Waals surface area (Å²) >= 11 is 1.08. The van der Waals surface area contributed by atoms with E-state index < -0.39 is 11.2 Å². The highest BCUT2D eigenvalue weighted by molar-refractivity contribution is 8.00. The van der Waals surface area contributed by atoms with Crippen LogP contribution in [0.25, 0.3) is 10.9 Å². The van der Waals surface area contributed by atoms with Gasteiger partial charge in [0.2, 0.25) is 0 Å². The quantitative estimate of drug-likeness (QED) is 0.857. The molecule has 1 atom stereocenters. The number of rotatable bonds is 3. The molecule has 0 aliphatic rings. The summed E-state index contributed by atoms with van der Waals surface area (Å²) in [6.07, 6.45) is 0. The van der Waals surface area contributed by atoms with Crippen molar-refractivity contribution in [3.8, 4) is 6.07 Å². The summed E-state index contributed by atoms with van der Waals surface area (Å²) in [5.74, 6) is -0.918. The molecule has 0 bridgehead atoms. The Kier molecular flexibility index (Phi) is 3.49. The van der Waals surface area contributed by atoms with Crippen LogP contribution in [0.5, 0.6) is 0 Å². The van der Waals surface area contributed by atoms with Crippen LogP contribution in [0.1, 0.15) is 12.5 Å². The molecule has 2 aromatic rings. The molecular weight excluding hydrogens is 248 g/mol. The molecule has 5 heteroatoms. The summed E-state index contributed by atoms with van der Waals surface area (Å²) in [6.45, 7) is 1.57. The van der Waals surface area contributed by atoms with Crippen molar-refractivity contribution in [2.24, 2.45) is 0 Å². The van der Waals surface area contributed by atoms with Crippen LogP contribution in [0.2, 0.25) is 0 Å². The molecule has 0 aliphatic carbocycles. The molecule has 0 aliphatic heterocycles.